The summed E-state index contributed by atoms with van der Waals surface area (Å²) in [6.07, 6.45) is 2.15. The number of phenolic OH excluding ortho intramolecular Hbond substituents is 1. The van der Waals surface area contributed by atoms with Gasteiger partial charge >= 0.3 is 0 Å². The fourth-order valence-corrected chi connectivity index (χ4v) is 9.69. The number of halogens is 3. The molecule has 2 aliphatic carbocycles. The Morgan fingerprint density at radius 3 is 2.16 bits per heavy atom. The van der Waals surface area contributed by atoms with Gasteiger partial charge in [-0.15, -0.1) is 0 Å². The Morgan fingerprint density at radius 2 is 1.47 bits per heavy atom. The highest BCUT2D eigenvalue weighted by Gasteiger charge is 2.70. The molecule has 2 saturated heterocycles. The molecule has 12 heteroatoms. The summed E-state index contributed by atoms with van der Waals surface area (Å²) in [5.41, 5.74) is 4.37. The van der Waals surface area contributed by atoms with E-state index in [4.69, 9.17) is 27.9 Å². The lowest BCUT2D eigenvalue weighted by Crippen LogP contribution is -2.53. The second-order valence-electron chi connectivity index (χ2n) is 14.9. The van der Waals surface area contributed by atoms with E-state index in [1.54, 1.807) is 60.7 Å². The number of carbonyl (C=O) groups is 4. The third-order valence-electron chi connectivity index (χ3n) is 11.9. The van der Waals surface area contributed by atoms with E-state index in [1.807, 2.05) is 36.4 Å². The van der Waals surface area contributed by atoms with Gasteiger partial charge in [0.2, 0.25) is 11.8 Å². The molecule has 2 heterocycles. The van der Waals surface area contributed by atoms with E-state index in [0.717, 1.165) is 10.6 Å². The first-order valence-corrected chi connectivity index (χ1v) is 19.3. The van der Waals surface area contributed by atoms with Crippen molar-refractivity contribution in [2.45, 2.75) is 30.8 Å². The average Bonchev–Trinajstić information content (AvgIpc) is 3.59. The van der Waals surface area contributed by atoms with E-state index in [1.165, 1.54) is 35.2 Å². The molecule has 6 atom stereocenters. The second-order valence-corrected chi connectivity index (χ2v) is 15.7. The first-order chi connectivity index (χ1) is 27.6. The number of rotatable bonds is 8. The van der Waals surface area contributed by atoms with Crippen molar-refractivity contribution < 1.29 is 33.4 Å². The molecule has 5 aromatic rings. The summed E-state index contributed by atoms with van der Waals surface area (Å²) in [5, 5.41) is 13.8. The van der Waals surface area contributed by atoms with Gasteiger partial charge in [0.25, 0.3) is 11.8 Å². The van der Waals surface area contributed by atoms with Gasteiger partial charge in [-0.25, -0.2) is 4.39 Å². The predicted octanol–water partition coefficient (Wildman–Crippen LogP) is 8.61. The number of amides is 4. The normalized spacial score (nSPS) is 25.2. The van der Waals surface area contributed by atoms with Crippen LogP contribution in [0.3, 0.4) is 0 Å². The number of hydrazine groups is 1. The topological polar surface area (TPSA) is 116 Å². The molecule has 0 unspecified atom stereocenters. The van der Waals surface area contributed by atoms with Gasteiger partial charge in [-0.05, 0) is 96.6 Å². The number of nitrogens with one attached hydrogen (secondary N) is 1. The van der Waals surface area contributed by atoms with E-state index >= 15 is 4.79 Å². The van der Waals surface area contributed by atoms with E-state index in [-0.39, 0.29) is 31.1 Å². The second kappa shape index (κ2) is 14.2. The van der Waals surface area contributed by atoms with Gasteiger partial charge < -0.3 is 9.84 Å². The van der Waals surface area contributed by atoms with Crippen molar-refractivity contribution >= 4 is 58.2 Å². The molecule has 3 fully saturated rings. The molecule has 1 saturated carbocycles. The number of carbonyl (C=O) groups excluding carboxylic acids is 4. The molecule has 2 aliphatic heterocycles. The number of aromatic hydroxyl groups is 1. The van der Waals surface area contributed by atoms with Crippen LogP contribution in [0.5, 0.6) is 11.5 Å². The molecule has 0 aromatic heterocycles. The lowest BCUT2D eigenvalue weighted by Gasteiger charge is -2.50. The highest BCUT2D eigenvalue weighted by atomic mass is 35.5. The molecule has 0 spiro atoms. The molecule has 57 heavy (non-hydrogen) atoms. The van der Waals surface area contributed by atoms with Crippen LogP contribution >= 0.6 is 23.2 Å². The number of imide groups is 2. The summed E-state index contributed by atoms with van der Waals surface area (Å²) in [7, 11) is 0. The maximum Gasteiger partial charge on any atom is 0.260 e. The Kier molecular flexibility index (Phi) is 9.13. The lowest BCUT2D eigenvalue weighted by molar-refractivity contribution is -0.138. The van der Waals surface area contributed by atoms with Crippen molar-refractivity contribution in [2.24, 2.45) is 23.7 Å². The zero-order valence-electron chi connectivity index (χ0n) is 30.1. The number of allylic oxidation sites excluding steroid dienone is 2. The molecular weight excluding hydrogens is 768 g/mol. The van der Waals surface area contributed by atoms with Crippen molar-refractivity contribution in [3.05, 3.63) is 166 Å². The molecule has 4 amide bonds. The Hall–Kier alpha value is -5.97. The van der Waals surface area contributed by atoms with Crippen LogP contribution in [0.1, 0.15) is 35.4 Å². The molecule has 0 radical (unpaired) electrons. The van der Waals surface area contributed by atoms with Crippen molar-refractivity contribution in [3.8, 4) is 11.5 Å². The lowest BCUT2D eigenvalue weighted by atomic mass is 9.49. The van der Waals surface area contributed by atoms with Crippen molar-refractivity contribution in [2.75, 3.05) is 10.3 Å². The standard InChI is InChI=1S/C45H34Cl2FN3O6/c46-27-8-6-26(7-9-27)45-37(42(54)51(44(45)56)49-30-14-12-29(48)13-15-30)23-36-33(20-21-35-39(36)43(55)50(41(35)53)31-16-10-28(47)11-17-31)40(45)34-19-18-32(22-38(34)52)57-24-25-4-2-1-3-5-25/h1-20,22,35-37,39-40,49,52H,21,23-24H2/t35-,36+,37-,39-,40+,45+/m0/s1. The smallest absolute Gasteiger partial charge is 0.260 e. The number of benzene rings is 5. The SMILES string of the molecule is O=C1[C@@H]2C[C@@H]3C(=CC[C@@H]4C(=O)N(c5ccc(Cl)cc5)C(=O)[C@@H]43)[C@H](c3ccc(OCc4ccccc4)cc3O)[C@]2(c2ccc(Cl)cc2)C(=O)N1Nc1ccc(F)cc1. The minimum Gasteiger partial charge on any atom is -0.508 e. The number of nitrogens with zero attached hydrogens (tertiary/aromatic N) is 2. The van der Waals surface area contributed by atoms with Gasteiger partial charge in [-0.2, -0.15) is 5.01 Å². The first kappa shape index (κ1) is 36.7. The average molecular weight is 803 g/mol. The van der Waals surface area contributed by atoms with Crippen molar-refractivity contribution in [3.63, 3.8) is 0 Å². The highest BCUT2D eigenvalue weighted by Crippen LogP contribution is 2.65. The van der Waals surface area contributed by atoms with E-state index < -0.39 is 58.5 Å². The van der Waals surface area contributed by atoms with E-state index in [0.29, 0.717) is 43.9 Å². The fraction of sp³-hybridized carbons (Fsp3) is 0.200. The molecule has 0 bridgehead atoms. The van der Waals surface area contributed by atoms with Crippen molar-refractivity contribution in [1.29, 1.82) is 0 Å². The molecule has 286 valence electrons. The predicted molar refractivity (Wildman–Crippen MR) is 212 cm³/mol. The Bertz CT molecular complexity index is 2460. The Labute approximate surface area is 337 Å². The summed E-state index contributed by atoms with van der Waals surface area (Å²) in [4.78, 5) is 60.1. The third-order valence-corrected chi connectivity index (χ3v) is 12.4. The minimum atomic E-state index is -1.66. The van der Waals surface area contributed by atoms with Crippen LogP contribution in [0, 0.1) is 29.5 Å². The Balaban J connectivity index is 1.20. The fourth-order valence-electron chi connectivity index (χ4n) is 9.44. The third kappa shape index (κ3) is 5.97. The van der Waals surface area contributed by atoms with Gasteiger partial charge in [0.1, 0.15) is 23.9 Å². The van der Waals surface area contributed by atoms with Crippen LogP contribution in [-0.4, -0.2) is 33.7 Å². The van der Waals surface area contributed by atoms with Gasteiger partial charge in [-0.1, -0.05) is 83.4 Å². The molecule has 2 N–H and O–H groups in total. The largest absolute Gasteiger partial charge is 0.508 e. The molecule has 9 rings (SSSR count). The summed E-state index contributed by atoms with van der Waals surface area (Å²) >= 11 is 12.5. The maximum absolute atomic E-state index is 15.4. The molecule has 5 aromatic carbocycles. The van der Waals surface area contributed by atoms with Crippen LogP contribution < -0.4 is 15.1 Å². The number of hydrogen-bond acceptors (Lipinski definition) is 7. The number of ether oxygens (including phenoxy) is 1. The molecular formula is C45H34Cl2FN3O6. The number of fused-ring (bicyclic) bond motifs is 4. The quantitative estimate of drug-likeness (QED) is 0.119. The summed E-state index contributed by atoms with van der Waals surface area (Å²) in [5.74, 6) is -6.52. The molecule has 9 nitrogen and oxygen atoms in total. The zero-order chi connectivity index (χ0) is 39.6. The monoisotopic (exact) mass is 801 g/mol. The van der Waals surface area contributed by atoms with Gasteiger partial charge in [0.15, 0.2) is 0 Å². The van der Waals surface area contributed by atoms with Crippen LogP contribution in [0.25, 0.3) is 0 Å². The number of hydrogen-bond donors (Lipinski definition) is 2. The summed E-state index contributed by atoms with van der Waals surface area (Å²) in [6, 6.07) is 32.9. The highest BCUT2D eigenvalue weighted by molar-refractivity contribution is 6.31. The zero-order valence-corrected chi connectivity index (χ0v) is 31.7. The summed E-state index contributed by atoms with van der Waals surface area (Å²) in [6.45, 7) is 0.243. The minimum absolute atomic E-state index is 0.0464. The van der Waals surface area contributed by atoms with Gasteiger partial charge in [0.05, 0.1) is 34.5 Å². The van der Waals surface area contributed by atoms with Crippen LogP contribution in [0.4, 0.5) is 15.8 Å². The Morgan fingerprint density at radius 1 is 0.789 bits per heavy atom. The first-order valence-electron chi connectivity index (χ1n) is 18.6. The maximum atomic E-state index is 15.4. The van der Waals surface area contributed by atoms with Crippen LogP contribution in [0.2, 0.25) is 10.0 Å². The molecule has 4 aliphatic rings. The van der Waals surface area contributed by atoms with Crippen LogP contribution in [-0.2, 0) is 31.2 Å². The number of phenols is 1. The van der Waals surface area contributed by atoms with Crippen molar-refractivity contribution in [1.82, 2.24) is 5.01 Å². The number of anilines is 2. The van der Waals surface area contributed by atoms with E-state index in [2.05, 4.69) is 5.43 Å². The van der Waals surface area contributed by atoms with Crippen LogP contribution in [0.15, 0.2) is 133 Å². The summed E-state index contributed by atoms with van der Waals surface area (Å²) < 4.78 is 20.0. The van der Waals surface area contributed by atoms with E-state index in [9.17, 15) is 23.9 Å². The van der Waals surface area contributed by atoms with Gasteiger partial charge in [0, 0.05) is 27.6 Å². The van der Waals surface area contributed by atoms with Gasteiger partial charge in [-0.3, -0.25) is 29.5 Å².